The topological polar surface area (TPSA) is 0 Å². The van der Waals surface area contributed by atoms with E-state index in [0.29, 0.717) is 11.3 Å². The van der Waals surface area contributed by atoms with Gasteiger partial charge in [-0.05, 0) is 24.7 Å². The summed E-state index contributed by atoms with van der Waals surface area (Å²) < 4.78 is 0. The molecule has 0 radical (unpaired) electrons. The van der Waals surface area contributed by atoms with Crippen molar-refractivity contribution in [2.75, 3.05) is 0 Å². The quantitative estimate of drug-likeness (QED) is 0.538. The van der Waals surface area contributed by atoms with Crippen LogP contribution in [0.2, 0.25) is 0 Å². The van der Waals surface area contributed by atoms with Gasteiger partial charge in [-0.2, -0.15) is 0 Å². The Morgan fingerprint density at radius 2 is 1.82 bits per heavy atom. The van der Waals surface area contributed by atoms with Gasteiger partial charge in [-0.3, -0.25) is 0 Å². The molecule has 0 rings (SSSR count). The molecule has 0 nitrogen and oxygen atoms in total. The lowest BCUT2D eigenvalue weighted by molar-refractivity contribution is 0.263. The van der Waals surface area contributed by atoms with Crippen LogP contribution in [0.5, 0.6) is 0 Å². The highest BCUT2D eigenvalue weighted by Crippen LogP contribution is 2.34. The minimum absolute atomic E-state index is 0.391. The highest BCUT2D eigenvalue weighted by atomic mass is 14.3. The standard InChI is InChI=1S/C11H22/c1-7-8-10(9(2)3)11(4,5)6/h10H,2,7-8H2,1,3-6H3. The smallest absolute Gasteiger partial charge is 0.0160 e. The van der Waals surface area contributed by atoms with Gasteiger partial charge in [-0.25, -0.2) is 0 Å². The predicted molar refractivity (Wildman–Crippen MR) is 52.7 cm³/mol. The highest BCUT2D eigenvalue weighted by Gasteiger charge is 2.23. The molecular weight excluding hydrogens is 132 g/mol. The van der Waals surface area contributed by atoms with Crippen molar-refractivity contribution in [3.05, 3.63) is 12.2 Å². The molecule has 0 amide bonds. The van der Waals surface area contributed by atoms with E-state index in [1.165, 1.54) is 18.4 Å². The van der Waals surface area contributed by atoms with Gasteiger partial charge in [0, 0.05) is 0 Å². The van der Waals surface area contributed by atoms with Crippen molar-refractivity contribution in [1.29, 1.82) is 0 Å². The SMILES string of the molecule is C=C(C)C(CCC)C(C)(C)C. The average molecular weight is 154 g/mol. The number of allylic oxidation sites excluding steroid dienone is 1. The van der Waals surface area contributed by atoms with Crippen LogP contribution in [0.15, 0.2) is 12.2 Å². The summed E-state index contributed by atoms with van der Waals surface area (Å²) in [5.74, 6) is 0.687. The van der Waals surface area contributed by atoms with Crippen molar-refractivity contribution in [3.63, 3.8) is 0 Å². The van der Waals surface area contributed by atoms with Crippen LogP contribution in [0.25, 0.3) is 0 Å². The minimum Gasteiger partial charge on any atom is -0.0998 e. The Morgan fingerprint density at radius 3 is 1.91 bits per heavy atom. The van der Waals surface area contributed by atoms with E-state index in [1.54, 1.807) is 0 Å². The zero-order chi connectivity index (χ0) is 9.07. The van der Waals surface area contributed by atoms with Gasteiger partial charge in [0.15, 0.2) is 0 Å². The molecule has 0 aliphatic carbocycles. The molecule has 0 N–H and O–H groups in total. The molecule has 0 aromatic heterocycles. The normalized spacial score (nSPS) is 14.6. The first kappa shape index (κ1) is 10.7. The van der Waals surface area contributed by atoms with Gasteiger partial charge in [0.25, 0.3) is 0 Å². The van der Waals surface area contributed by atoms with Gasteiger partial charge in [0.1, 0.15) is 0 Å². The van der Waals surface area contributed by atoms with Gasteiger partial charge < -0.3 is 0 Å². The van der Waals surface area contributed by atoms with Gasteiger partial charge in [0.05, 0.1) is 0 Å². The van der Waals surface area contributed by atoms with E-state index in [0.717, 1.165) is 0 Å². The first-order valence-electron chi connectivity index (χ1n) is 4.55. The molecule has 0 saturated carbocycles. The Bertz CT molecular complexity index is 125. The lowest BCUT2D eigenvalue weighted by Crippen LogP contribution is -2.20. The number of rotatable bonds is 3. The third-order valence-corrected chi connectivity index (χ3v) is 2.22. The van der Waals surface area contributed by atoms with E-state index < -0.39 is 0 Å². The van der Waals surface area contributed by atoms with E-state index in [1.807, 2.05) is 0 Å². The molecule has 0 spiro atoms. The maximum Gasteiger partial charge on any atom is -0.0160 e. The zero-order valence-corrected chi connectivity index (χ0v) is 8.70. The van der Waals surface area contributed by atoms with Crippen LogP contribution in [0.4, 0.5) is 0 Å². The molecule has 1 atom stereocenters. The molecule has 0 heteroatoms. The minimum atomic E-state index is 0.391. The van der Waals surface area contributed by atoms with Crippen molar-refractivity contribution < 1.29 is 0 Å². The van der Waals surface area contributed by atoms with E-state index in [-0.39, 0.29) is 0 Å². The summed E-state index contributed by atoms with van der Waals surface area (Å²) in [6.07, 6.45) is 2.54. The fourth-order valence-electron chi connectivity index (χ4n) is 1.71. The molecule has 0 aliphatic heterocycles. The van der Waals surface area contributed by atoms with Crippen molar-refractivity contribution >= 4 is 0 Å². The van der Waals surface area contributed by atoms with Crippen LogP contribution in [0.1, 0.15) is 47.5 Å². The van der Waals surface area contributed by atoms with E-state index in [2.05, 4.69) is 41.2 Å². The maximum atomic E-state index is 4.04. The molecule has 0 fully saturated rings. The summed E-state index contributed by atoms with van der Waals surface area (Å²) in [6.45, 7) is 15.3. The Balaban J connectivity index is 4.22. The van der Waals surface area contributed by atoms with Crippen molar-refractivity contribution in [2.24, 2.45) is 11.3 Å². The molecule has 0 aliphatic rings. The molecule has 0 aromatic rings. The molecule has 0 bridgehead atoms. The summed E-state index contributed by atoms with van der Waals surface area (Å²) in [4.78, 5) is 0. The monoisotopic (exact) mass is 154 g/mol. The summed E-state index contributed by atoms with van der Waals surface area (Å²) in [5, 5.41) is 0. The summed E-state index contributed by atoms with van der Waals surface area (Å²) in [7, 11) is 0. The summed E-state index contributed by atoms with van der Waals surface area (Å²) in [5.41, 5.74) is 1.72. The van der Waals surface area contributed by atoms with Crippen LogP contribution >= 0.6 is 0 Å². The second-order valence-corrected chi connectivity index (χ2v) is 4.55. The third-order valence-electron chi connectivity index (χ3n) is 2.22. The molecule has 0 saturated heterocycles. The lowest BCUT2D eigenvalue weighted by Gasteiger charge is -2.31. The molecule has 1 unspecified atom stereocenters. The molecule has 66 valence electrons. The first-order valence-corrected chi connectivity index (χ1v) is 4.55. The fourth-order valence-corrected chi connectivity index (χ4v) is 1.71. The van der Waals surface area contributed by atoms with Gasteiger partial charge >= 0.3 is 0 Å². The van der Waals surface area contributed by atoms with Crippen LogP contribution in [0.3, 0.4) is 0 Å². The first-order chi connectivity index (χ1) is 4.89. The van der Waals surface area contributed by atoms with E-state index >= 15 is 0 Å². The lowest BCUT2D eigenvalue weighted by atomic mass is 9.75. The van der Waals surface area contributed by atoms with Crippen molar-refractivity contribution in [1.82, 2.24) is 0 Å². The van der Waals surface area contributed by atoms with Crippen molar-refractivity contribution in [3.8, 4) is 0 Å². The molecule has 0 aromatic carbocycles. The summed E-state index contributed by atoms with van der Waals surface area (Å²) in [6, 6.07) is 0. The Labute approximate surface area is 71.7 Å². The average Bonchev–Trinajstić information content (AvgIpc) is 1.79. The fraction of sp³-hybridized carbons (Fsp3) is 0.818. The molecule has 0 heterocycles. The third kappa shape index (κ3) is 3.60. The predicted octanol–water partition coefficient (Wildman–Crippen LogP) is 4.02. The van der Waals surface area contributed by atoms with Crippen LogP contribution < -0.4 is 0 Å². The van der Waals surface area contributed by atoms with Gasteiger partial charge in [0.2, 0.25) is 0 Å². The summed E-state index contributed by atoms with van der Waals surface area (Å²) >= 11 is 0. The Morgan fingerprint density at radius 1 is 1.36 bits per heavy atom. The van der Waals surface area contributed by atoms with Crippen LogP contribution in [-0.2, 0) is 0 Å². The Hall–Kier alpha value is -0.260. The van der Waals surface area contributed by atoms with Gasteiger partial charge in [-0.1, -0.05) is 46.3 Å². The highest BCUT2D eigenvalue weighted by molar-refractivity contribution is 5.00. The van der Waals surface area contributed by atoms with Crippen LogP contribution in [0, 0.1) is 11.3 Å². The van der Waals surface area contributed by atoms with Crippen LogP contribution in [-0.4, -0.2) is 0 Å². The zero-order valence-electron chi connectivity index (χ0n) is 8.70. The molecular formula is C11H22. The second-order valence-electron chi connectivity index (χ2n) is 4.55. The second kappa shape index (κ2) is 3.94. The molecule has 11 heavy (non-hydrogen) atoms. The largest absolute Gasteiger partial charge is 0.0998 e. The van der Waals surface area contributed by atoms with E-state index in [9.17, 15) is 0 Å². The number of hydrogen-bond acceptors (Lipinski definition) is 0. The van der Waals surface area contributed by atoms with Crippen molar-refractivity contribution in [2.45, 2.75) is 47.5 Å². The van der Waals surface area contributed by atoms with E-state index in [4.69, 9.17) is 0 Å². The Kier molecular flexibility index (Phi) is 3.85. The van der Waals surface area contributed by atoms with Gasteiger partial charge in [-0.15, -0.1) is 0 Å². The maximum absolute atomic E-state index is 4.04. The number of hydrogen-bond donors (Lipinski definition) is 0.